The van der Waals surface area contributed by atoms with E-state index in [1.165, 1.54) is 83.5 Å². The van der Waals surface area contributed by atoms with Gasteiger partial charge in [-0.15, -0.1) is 0 Å². The topological polar surface area (TPSA) is 0 Å². The largest absolute Gasteiger partial charge is 0.0992 e. The van der Waals surface area contributed by atoms with Crippen LogP contribution in [0.1, 0.15) is 96.8 Å². The summed E-state index contributed by atoms with van der Waals surface area (Å²) in [6.07, 6.45) is 19.6. The zero-order valence-electron chi connectivity index (χ0n) is 12.5. The van der Waals surface area contributed by atoms with Crippen LogP contribution in [0.5, 0.6) is 0 Å². The van der Waals surface area contributed by atoms with Gasteiger partial charge in [0.15, 0.2) is 0 Å². The fourth-order valence-corrected chi connectivity index (χ4v) is 2.45. The first-order valence-electron chi connectivity index (χ1n) is 8.10. The standard InChI is InChI=1S/C17H33P/c1-2-3-4-5-6-7-8-9-10-11-12-13-14-15-16-17-18/h2-15,18H2,1H3. The average Bonchev–Trinajstić information content (AvgIpc) is 2.39. The molecule has 106 valence electrons. The van der Waals surface area contributed by atoms with Gasteiger partial charge in [-0.2, -0.15) is 0 Å². The highest BCUT2D eigenvalue weighted by atomic mass is 31.0. The lowest BCUT2D eigenvalue weighted by Gasteiger charge is -2.02. The number of unbranched alkanes of at least 4 members (excludes halogenated alkanes) is 13. The first-order valence-corrected chi connectivity index (χ1v) is 8.68. The minimum absolute atomic E-state index is 1.08. The van der Waals surface area contributed by atoms with Gasteiger partial charge in [0, 0.05) is 6.42 Å². The van der Waals surface area contributed by atoms with Gasteiger partial charge in [-0.05, 0) is 6.42 Å². The van der Waals surface area contributed by atoms with Crippen LogP contribution in [0, 0.1) is 11.6 Å². The van der Waals surface area contributed by atoms with Crippen molar-refractivity contribution in [2.24, 2.45) is 0 Å². The summed E-state index contributed by atoms with van der Waals surface area (Å²) in [5.74, 6) is 3.10. The van der Waals surface area contributed by atoms with Crippen LogP contribution in [-0.4, -0.2) is 0 Å². The quantitative estimate of drug-likeness (QED) is 0.209. The monoisotopic (exact) mass is 268 g/mol. The van der Waals surface area contributed by atoms with Crippen LogP contribution < -0.4 is 0 Å². The molecule has 0 aliphatic carbocycles. The minimum atomic E-state index is 1.08. The van der Waals surface area contributed by atoms with Gasteiger partial charge in [0.2, 0.25) is 0 Å². The van der Waals surface area contributed by atoms with Crippen molar-refractivity contribution in [3.05, 3.63) is 0 Å². The maximum atomic E-state index is 3.10. The molecule has 0 spiro atoms. The fraction of sp³-hybridized carbons (Fsp3) is 0.882. The highest BCUT2D eigenvalue weighted by Gasteiger charge is 1.93. The SMILES string of the molecule is CCCCCCCCCCCCCCCC#CP. The van der Waals surface area contributed by atoms with Gasteiger partial charge in [-0.25, -0.2) is 0 Å². The summed E-state index contributed by atoms with van der Waals surface area (Å²) in [5, 5.41) is 0. The Morgan fingerprint density at radius 1 is 0.611 bits per heavy atom. The van der Waals surface area contributed by atoms with Crippen LogP contribution in [0.15, 0.2) is 0 Å². The van der Waals surface area contributed by atoms with E-state index >= 15 is 0 Å². The molecule has 0 nitrogen and oxygen atoms in total. The first-order chi connectivity index (χ1) is 8.91. The number of rotatable bonds is 13. The predicted octanol–water partition coefficient (Wildman–Crippen LogP) is 6.30. The van der Waals surface area contributed by atoms with E-state index in [1.54, 1.807) is 0 Å². The molecular formula is C17H33P. The lowest BCUT2D eigenvalue weighted by atomic mass is 10.0. The lowest BCUT2D eigenvalue weighted by molar-refractivity contribution is 0.540. The summed E-state index contributed by atoms with van der Waals surface area (Å²) < 4.78 is 0. The van der Waals surface area contributed by atoms with E-state index in [0.717, 1.165) is 6.42 Å². The lowest BCUT2D eigenvalue weighted by Crippen LogP contribution is -1.82. The van der Waals surface area contributed by atoms with Crippen molar-refractivity contribution in [1.29, 1.82) is 0 Å². The van der Waals surface area contributed by atoms with Gasteiger partial charge in [0.25, 0.3) is 0 Å². The van der Waals surface area contributed by atoms with Crippen molar-refractivity contribution in [3.8, 4) is 11.6 Å². The van der Waals surface area contributed by atoms with Crippen LogP contribution >= 0.6 is 9.24 Å². The van der Waals surface area contributed by atoms with Gasteiger partial charge in [-0.1, -0.05) is 105 Å². The molecule has 0 heterocycles. The van der Waals surface area contributed by atoms with E-state index in [9.17, 15) is 0 Å². The maximum Gasteiger partial charge on any atom is 0.00919 e. The van der Waals surface area contributed by atoms with E-state index in [4.69, 9.17) is 0 Å². The van der Waals surface area contributed by atoms with Crippen LogP contribution in [0.3, 0.4) is 0 Å². The Morgan fingerprint density at radius 3 is 1.39 bits per heavy atom. The van der Waals surface area contributed by atoms with Gasteiger partial charge < -0.3 is 0 Å². The normalized spacial score (nSPS) is 10.1. The molecule has 0 N–H and O–H groups in total. The number of hydrogen-bond donors (Lipinski definition) is 0. The average molecular weight is 268 g/mol. The molecule has 0 bridgehead atoms. The van der Waals surface area contributed by atoms with Gasteiger partial charge in [0.1, 0.15) is 0 Å². The van der Waals surface area contributed by atoms with E-state index in [-0.39, 0.29) is 0 Å². The molecule has 1 unspecified atom stereocenters. The van der Waals surface area contributed by atoms with Crippen molar-refractivity contribution >= 4 is 9.24 Å². The van der Waals surface area contributed by atoms with Crippen molar-refractivity contribution in [2.75, 3.05) is 0 Å². The Labute approximate surface area is 118 Å². The van der Waals surface area contributed by atoms with Crippen LogP contribution in [0.2, 0.25) is 0 Å². The van der Waals surface area contributed by atoms with E-state index in [1.807, 2.05) is 0 Å². The molecule has 0 aliphatic rings. The highest BCUT2D eigenvalue weighted by Crippen LogP contribution is 2.12. The second-order valence-electron chi connectivity index (χ2n) is 5.31. The predicted molar refractivity (Wildman–Crippen MR) is 87.8 cm³/mol. The van der Waals surface area contributed by atoms with Gasteiger partial charge in [0.05, 0.1) is 0 Å². The van der Waals surface area contributed by atoms with Crippen LogP contribution in [0.25, 0.3) is 0 Å². The molecular weight excluding hydrogens is 235 g/mol. The third-order valence-electron chi connectivity index (χ3n) is 3.51. The molecule has 0 rings (SSSR count). The Balaban J connectivity index is 2.92. The maximum absolute atomic E-state index is 3.10. The van der Waals surface area contributed by atoms with Gasteiger partial charge >= 0.3 is 0 Å². The molecule has 0 fully saturated rings. The molecule has 1 atom stereocenters. The second-order valence-corrected chi connectivity index (χ2v) is 5.60. The molecule has 1 heteroatoms. The van der Waals surface area contributed by atoms with E-state index in [0.29, 0.717) is 0 Å². The fourth-order valence-electron chi connectivity index (χ4n) is 2.30. The summed E-state index contributed by atoms with van der Waals surface area (Å²) in [7, 11) is 2.46. The highest BCUT2D eigenvalue weighted by molar-refractivity contribution is 7.23. The molecule has 0 aromatic carbocycles. The summed E-state index contributed by atoms with van der Waals surface area (Å²) >= 11 is 0. The summed E-state index contributed by atoms with van der Waals surface area (Å²) in [6, 6.07) is 0. The molecule has 0 aromatic rings. The second kappa shape index (κ2) is 17.0. The molecule has 0 aromatic heterocycles. The molecule has 0 saturated carbocycles. The minimum Gasteiger partial charge on any atom is -0.0992 e. The first kappa shape index (κ1) is 18.0. The Bertz CT molecular complexity index is 199. The van der Waals surface area contributed by atoms with Crippen LogP contribution in [-0.2, 0) is 0 Å². The van der Waals surface area contributed by atoms with E-state index < -0.39 is 0 Å². The molecule has 0 aliphatic heterocycles. The summed E-state index contributed by atoms with van der Waals surface area (Å²) in [4.78, 5) is 0. The van der Waals surface area contributed by atoms with E-state index in [2.05, 4.69) is 27.7 Å². The smallest absolute Gasteiger partial charge is 0.00919 e. The van der Waals surface area contributed by atoms with Crippen molar-refractivity contribution in [2.45, 2.75) is 96.8 Å². The van der Waals surface area contributed by atoms with Crippen molar-refractivity contribution < 1.29 is 0 Å². The van der Waals surface area contributed by atoms with Crippen molar-refractivity contribution in [1.82, 2.24) is 0 Å². The van der Waals surface area contributed by atoms with Crippen LogP contribution in [0.4, 0.5) is 0 Å². The summed E-state index contributed by atoms with van der Waals surface area (Å²) in [5.41, 5.74) is 2.88. The third-order valence-corrected chi connectivity index (χ3v) is 3.71. The Morgan fingerprint density at radius 2 is 1.00 bits per heavy atom. The van der Waals surface area contributed by atoms with Gasteiger partial charge in [-0.3, -0.25) is 0 Å². The Kier molecular flexibility index (Phi) is 17.0. The third kappa shape index (κ3) is 16.0. The summed E-state index contributed by atoms with van der Waals surface area (Å²) in [6.45, 7) is 2.29. The molecule has 0 saturated heterocycles. The molecule has 0 radical (unpaired) electrons. The Hall–Kier alpha value is -0.0100. The zero-order valence-corrected chi connectivity index (χ0v) is 13.6. The van der Waals surface area contributed by atoms with Crippen molar-refractivity contribution in [3.63, 3.8) is 0 Å². The molecule has 0 amide bonds. The zero-order chi connectivity index (χ0) is 13.3. The molecule has 18 heavy (non-hydrogen) atoms. The number of hydrogen-bond acceptors (Lipinski definition) is 0.